The van der Waals surface area contributed by atoms with Crippen LogP contribution in [0.25, 0.3) is 0 Å². The summed E-state index contributed by atoms with van der Waals surface area (Å²) in [6, 6.07) is 1.92. The molecule has 4 nitrogen and oxygen atoms in total. The fraction of sp³-hybridized carbons (Fsp3) is 0.375. The van der Waals surface area contributed by atoms with Crippen molar-refractivity contribution < 1.29 is 4.79 Å². The van der Waals surface area contributed by atoms with E-state index < -0.39 is 0 Å². The van der Waals surface area contributed by atoms with Crippen LogP contribution in [0.15, 0.2) is 18.5 Å². The molecule has 0 bridgehead atoms. The number of amides is 1. The number of carbonyl (C=O) groups excluding carboxylic acids is 1. The number of hydrogen-bond donors (Lipinski definition) is 3. The standard InChI is InChI=1S/C8H13N3O/c9-3-1-8(12)11-6-7-2-4-10-5-7/h2,4-5,10H,1,3,6,9H2,(H,11,12). The van der Waals surface area contributed by atoms with Crippen molar-refractivity contribution in [3.8, 4) is 0 Å². The van der Waals surface area contributed by atoms with Gasteiger partial charge in [0.25, 0.3) is 0 Å². The SMILES string of the molecule is NCCC(=O)NCc1cc[nH]c1. The highest BCUT2D eigenvalue weighted by Crippen LogP contribution is 1.94. The zero-order chi connectivity index (χ0) is 8.81. The molecule has 4 heteroatoms. The lowest BCUT2D eigenvalue weighted by molar-refractivity contribution is -0.121. The van der Waals surface area contributed by atoms with Crippen LogP contribution in [-0.2, 0) is 11.3 Å². The molecule has 1 rings (SSSR count). The molecule has 1 aromatic heterocycles. The summed E-state index contributed by atoms with van der Waals surface area (Å²) in [5, 5.41) is 2.75. The van der Waals surface area contributed by atoms with Gasteiger partial charge in [0, 0.05) is 31.9 Å². The van der Waals surface area contributed by atoms with Crippen molar-refractivity contribution in [2.75, 3.05) is 6.54 Å². The van der Waals surface area contributed by atoms with Gasteiger partial charge in [-0.15, -0.1) is 0 Å². The van der Waals surface area contributed by atoms with E-state index in [2.05, 4.69) is 10.3 Å². The van der Waals surface area contributed by atoms with Crippen LogP contribution in [0.4, 0.5) is 0 Å². The maximum Gasteiger partial charge on any atom is 0.221 e. The largest absolute Gasteiger partial charge is 0.367 e. The Morgan fingerprint density at radius 1 is 1.67 bits per heavy atom. The Kier molecular flexibility index (Phi) is 3.35. The topological polar surface area (TPSA) is 70.9 Å². The molecule has 0 aromatic carbocycles. The van der Waals surface area contributed by atoms with Crippen molar-refractivity contribution in [2.24, 2.45) is 5.73 Å². The van der Waals surface area contributed by atoms with E-state index in [1.54, 1.807) is 0 Å². The van der Waals surface area contributed by atoms with Gasteiger partial charge in [0.1, 0.15) is 0 Å². The molecule has 0 spiro atoms. The van der Waals surface area contributed by atoms with Crippen molar-refractivity contribution in [3.05, 3.63) is 24.0 Å². The van der Waals surface area contributed by atoms with Crippen LogP contribution in [0.2, 0.25) is 0 Å². The molecule has 1 heterocycles. The molecule has 0 atom stereocenters. The minimum atomic E-state index is -0.00120. The van der Waals surface area contributed by atoms with Crippen LogP contribution in [0.1, 0.15) is 12.0 Å². The number of aromatic amines is 1. The molecule has 0 aliphatic carbocycles. The summed E-state index contributed by atoms with van der Waals surface area (Å²) in [5.41, 5.74) is 6.28. The monoisotopic (exact) mass is 167 g/mol. The van der Waals surface area contributed by atoms with Gasteiger partial charge in [0.2, 0.25) is 5.91 Å². The third-order valence-corrected chi connectivity index (χ3v) is 1.52. The van der Waals surface area contributed by atoms with E-state index in [-0.39, 0.29) is 5.91 Å². The fourth-order valence-corrected chi connectivity index (χ4v) is 0.888. The second-order valence-electron chi connectivity index (χ2n) is 2.53. The summed E-state index contributed by atoms with van der Waals surface area (Å²) in [7, 11) is 0. The van der Waals surface area contributed by atoms with Crippen LogP contribution < -0.4 is 11.1 Å². The van der Waals surface area contributed by atoms with Crippen LogP contribution in [-0.4, -0.2) is 17.4 Å². The first-order chi connectivity index (χ1) is 5.83. The van der Waals surface area contributed by atoms with Gasteiger partial charge in [-0.2, -0.15) is 0 Å². The predicted octanol–water partition coefficient (Wildman–Crippen LogP) is -0.0203. The normalized spacial score (nSPS) is 9.75. The van der Waals surface area contributed by atoms with E-state index >= 15 is 0 Å². The fourth-order valence-electron chi connectivity index (χ4n) is 0.888. The Morgan fingerprint density at radius 3 is 3.08 bits per heavy atom. The molecule has 66 valence electrons. The van der Waals surface area contributed by atoms with E-state index in [4.69, 9.17) is 5.73 Å². The average Bonchev–Trinajstić information content (AvgIpc) is 2.53. The van der Waals surface area contributed by atoms with Crippen molar-refractivity contribution in [3.63, 3.8) is 0 Å². The van der Waals surface area contributed by atoms with Gasteiger partial charge in [-0.05, 0) is 11.6 Å². The Balaban J connectivity index is 2.22. The maximum atomic E-state index is 10.9. The van der Waals surface area contributed by atoms with Gasteiger partial charge in [-0.1, -0.05) is 0 Å². The lowest BCUT2D eigenvalue weighted by Crippen LogP contribution is -2.24. The van der Waals surface area contributed by atoms with Crippen molar-refractivity contribution in [2.45, 2.75) is 13.0 Å². The molecule has 0 aliphatic rings. The molecule has 0 saturated heterocycles. The Bertz CT molecular complexity index is 230. The summed E-state index contributed by atoms with van der Waals surface area (Å²) in [5.74, 6) is -0.00120. The number of carbonyl (C=O) groups is 1. The van der Waals surface area contributed by atoms with Crippen LogP contribution >= 0.6 is 0 Å². The van der Waals surface area contributed by atoms with Gasteiger partial charge < -0.3 is 16.0 Å². The van der Waals surface area contributed by atoms with Crippen molar-refractivity contribution in [1.82, 2.24) is 10.3 Å². The van der Waals surface area contributed by atoms with Crippen LogP contribution in [0.5, 0.6) is 0 Å². The molecule has 12 heavy (non-hydrogen) atoms. The molecule has 0 saturated carbocycles. The Labute approximate surface area is 71.2 Å². The minimum absolute atomic E-state index is 0.00120. The number of hydrogen-bond acceptors (Lipinski definition) is 2. The molecule has 1 amide bonds. The molecule has 1 aromatic rings. The van der Waals surface area contributed by atoms with Crippen LogP contribution in [0, 0.1) is 0 Å². The highest BCUT2D eigenvalue weighted by molar-refractivity contribution is 5.75. The number of H-pyrrole nitrogens is 1. The first-order valence-corrected chi connectivity index (χ1v) is 3.91. The molecular weight excluding hydrogens is 154 g/mol. The lowest BCUT2D eigenvalue weighted by Gasteiger charge is -2.00. The molecule has 0 radical (unpaired) electrons. The van der Waals surface area contributed by atoms with E-state index in [1.807, 2.05) is 18.5 Å². The van der Waals surface area contributed by atoms with Crippen LogP contribution in [0.3, 0.4) is 0 Å². The molecule has 4 N–H and O–H groups in total. The summed E-state index contributed by atoms with van der Waals surface area (Å²) in [6.07, 6.45) is 4.07. The van der Waals surface area contributed by atoms with E-state index in [0.717, 1.165) is 5.56 Å². The summed E-state index contributed by atoms with van der Waals surface area (Å²) in [4.78, 5) is 13.8. The lowest BCUT2D eigenvalue weighted by atomic mass is 10.3. The highest BCUT2D eigenvalue weighted by atomic mass is 16.1. The first-order valence-electron chi connectivity index (χ1n) is 3.91. The van der Waals surface area contributed by atoms with Gasteiger partial charge in [-0.25, -0.2) is 0 Å². The highest BCUT2D eigenvalue weighted by Gasteiger charge is 1.98. The van der Waals surface area contributed by atoms with Gasteiger partial charge in [0.15, 0.2) is 0 Å². The maximum absolute atomic E-state index is 10.9. The minimum Gasteiger partial charge on any atom is -0.367 e. The second kappa shape index (κ2) is 4.56. The first kappa shape index (κ1) is 8.80. The summed E-state index contributed by atoms with van der Waals surface area (Å²) in [6.45, 7) is 0.974. The van der Waals surface area contributed by atoms with E-state index in [0.29, 0.717) is 19.5 Å². The van der Waals surface area contributed by atoms with Gasteiger partial charge >= 0.3 is 0 Å². The zero-order valence-corrected chi connectivity index (χ0v) is 6.84. The predicted molar refractivity (Wildman–Crippen MR) is 46.3 cm³/mol. The Hall–Kier alpha value is -1.29. The smallest absolute Gasteiger partial charge is 0.221 e. The molecular formula is C8H13N3O. The number of aromatic nitrogens is 1. The summed E-state index contributed by atoms with van der Waals surface area (Å²) >= 11 is 0. The average molecular weight is 167 g/mol. The van der Waals surface area contributed by atoms with Gasteiger partial charge in [0.05, 0.1) is 0 Å². The van der Waals surface area contributed by atoms with Gasteiger partial charge in [-0.3, -0.25) is 4.79 Å². The molecule has 0 aliphatic heterocycles. The number of nitrogens with one attached hydrogen (secondary N) is 2. The Morgan fingerprint density at radius 2 is 2.50 bits per heavy atom. The van der Waals surface area contributed by atoms with E-state index in [1.165, 1.54) is 0 Å². The molecule has 0 unspecified atom stereocenters. The number of rotatable bonds is 4. The molecule has 0 fully saturated rings. The third kappa shape index (κ3) is 2.75. The second-order valence-corrected chi connectivity index (χ2v) is 2.53. The van der Waals surface area contributed by atoms with Crippen molar-refractivity contribution >= 4 is 5.91 Å². The van der Waals surface area contributed by atoms with Crippen molar-refractivity contribution in [1.29, 1.82) is 0 Å². The zero-order valence-electron chi connectivity index (χ0n) is 6.84. The van der Waals surface area contributed by atoms with E-state index in [9.17, 15) is 4.79 Å². The number of nitrogens with two attached hydrogens (primary N) is 1. The summed E-state index contributed by atoms with van der Waals surface area (Å²) < 4.78 is 0. The third-order valence-electron chi connectivity index (χ3n) is 1.52. The quantitative estimate of drug-likeness (QED) is 0.589.